The van der Waals surface area contributed by atoms with Crippen LogP contribution >= 0.6 is 12.6 Å². The van der Waals surface area contributed by atoms with Crippen LogP contribution in [0.3, 0.4) is 0 Å². The number of hydrogen-bond donors (Lipinski definition) is 1. The lowest BCUT2D eigenvalue weighted by atomic mass is 9.70. The molecule has 2 aliphatic rings. The minimum atomic E-state index is 0.620. The highest BCUT2D eigenvalue weighted by Gasteiger charge is 2.46. The normalized spacial score (nSPS) is 49.2. The van der Waals surface area contributed by atoms with Crippen molar-refractivity contribution >= 4 is 12.6 Å². The van der Waals surface area contributed by atoms with Gasteiger partial charge in [0.05, 0.1) is 0 Å². The average molecular weight is 184 g/mol. The van der Waals surface area contributed by atoms with Crippen LogP contribution in [0.15, 0.2) is 0 Å². The zero-order valence-corrected chi connectivity index (χ0v) is 9.11. The van der Waals surface area contributed by atoms with Crippen molar-refractivity contribution in [3.63, 3.8) is 0 Å². The second-order valence-electron chi connectivity index (χ2n) is 5.06. The predicted octanol–water partition coefficient (Wildman–Crippen LogP) is 3.52. The van der Waals surface area contributed by atoms with E-state index in [0.29, 0.717) is 10.7 Å². The molecule has 4 atom stereocenters. The van der Waals surface area contributed by atoms with Crippen LogP contribution in [0.25, 0.3) is 0 Å². The van der Waals surface area contributed by atoms with E-state index < -0.39 is 0 Å². The molecule has 0 aromatic carbocycles. The van der Waals surface area contributed by atoms with E-state index in [-0.39, 0.29) is 0 Å². The summed E-state index contributed by atoms with van der Waals surface area (Å²) in [4.78, 5) is 0. The quantitative estimate of drug-likeness (QED) is 0.592. The van der Waals surface area contributed by atoms with Gasteiger partial charge in [0.15, 0.2) is 0 Å². The highest BCUT2D eigenvalue weighted by atomic mass is 32.1. The molecule has 2 aliphatic carbocycles. The van der Waals surface area contributed by atoms with Crippen LogP contribution < -0.4 is 0 Å². The van der Waals surface area contributed by atoms with Crippen molar-refractivity contribution in [3.8, 4) is 0 Å². The number of rotatable bonds is 1. The van der Waals surface area contributed by atoms with Gasteiger partial charge in [0.1, 0.15) is 0 Å². The van der Waals surface area contributed by atoms with Crippen LogP contribution in [-0.2, 0) is 0 Å². The molecular formula is C11H20S. The van der Waals surface area contributed by atoms with Gasteiger partial charge in [0.2, 0.25) is 0 Å². The van der Waals surface area contributed by atoms with Gasteiger partial charge in [0, 0.05) is 5.25 Å². The lowest BCUT2D eigenvalue weighted by Crippen LogP contribution is -2.31. The van der Waals surface area contributed by atoms with E-state index in [9.17, 15) is 0 Å². The number of hydrogen-bond acceptors (Lipinski definition) is 1. The summed E-state index contributed by atoms with van der Waals surface area (Å²) in [6, 6.07) is 0. The van der Waals surface area contributed by atoms with Crippen molar-refractivity contribution in [2.24, 2.45) is 17.3 Å². The van der Waals surface area contributed by atoms with Gasteiger partial charge >= 0.3 is 0 Å². The van der Waals surface area contributed by atoms with E-state index >= 15 is 0 Å². The van der Waals surface area contributed by atoms with Gasteiger partial charge in [-0.1, -0.05) is 13.8 Å². The zero-order chi connectivity index (χ0) is 8.77. The van der Waals surface area contributed by atoms with E-state index in [2.05, 4.69) is 26.5 Å². The molecule has 70 valence electrons. The average Bonchev–Trinajstić information content (AvgIpc) is 2.40. The van der Waals surface area contributed by atoms with E-state index in [1.165, 1.54) is 32.1 Å². The van der Waals surface area contributed by atoms with E-state index in [1.807, 2.05) is 0 Å². The van der Waals surface area contributed by atoms with E-state index in [1.54, 1.807) is 0 Å². The Morgan fingerprint density at radius 3 is 2.67 bits per heavy atom. The highest BCUT2D eigenvalue weighted by molar-refractivity contribution is 7.81. The van der Waals surface area contributed by atoms with Gasteiger partial charge in [-0.05, 0) is 49.4 Å². The first-order chi connectivity index (χ1) is 5.64. The molecule has 0 saturated heterocycles. The summed E-state index contributed by atoms with van der Waals surface area (Å²) < 4.78 is 0. The molecular weight excluding hydrogens is 164 g/mol. The summed E-state index contributed by atoms with van der Waals surface area (Å²) >= 11 is 4.66. The summed E-state index contributed by atoms with van der Waals surface area (Å²) in [7, 11) is 0. The molecule has 0 amide bonds. The first-order valence-electron chi connectivity index (χ1n) is 5.32. The Bertz CT molecular complexity index is 176. The lowest BCUT2D eigenvalue weighted by molar-refractivity contribution is 0.168. The predicted molar refractivity (Wildman–Crippen MR) is 56.6 cm³/mol. The van der Waals surface area contributed by atoms with Crippen molar-refractivity contribution in [1.29, 1.82) is 0 Å². The van der Waals surface area contributed by atoms with Gasteiger partial charge in [-0.25, -0.2) is 0 Å². The molecule has 2 bridgehead atoms. The standard InChI is InChI=1S/C11H20S/c1-8-3-5-11(9(2)12)6-4-10(8)7-11/h8-10,12H,3-7H2,1-2H3/t8-,9?,10?,11?/m1/s1. The maximum atomic E-state index is 4.66. The first kappa shape index (κ1) is 8.93. The summed E-state index contributed by atoms with van der Waals surface area (Å²) in [5.41, 5.74) is 0.639. The fourth-order valence-corrected chi connectivity index (χ4v) is 3.61. The van der Waals surface area contributed by atoms with Crippen molar-refractivity contribution < 1.29 is 0 Å². The molecule has 12 heavy (non-hydrogen) atoms. The Kier molecular flexibility index (Phi) is 2.18. The largest absolute Gasteiger partial charge is 0.176 e. The Balaban J connectivity index is 2.13. The van der Waals surface area contributed by atoms with Gasteiger partial charge in [-0.3, -0.25) is 0 Å². The number of fused-ring (bicyclic) bond motifs is 2. The second kappa shape index (κ2) is 2.94. The molecule has 0 aromatic rings. The fourth-order valence-electron chi connectivity index (χ4n) is 3.25. The molecule has 2 rings (SSSR count). The fraction of sp³-hybridized carbons (Fsp3) is 1.00. The minimum Gasteiger partial charge on any atom is -0.176 e. The van der Waals surface area contributed by atoms with Gasteiger partial charge in [-0.2, -0.15) is 12.6 Å². The lowest BCUT2D eigenvalue weighted by Gasteiger charge is -2.38. The van der Waals surface area contributed by atoms with Crippen LogP contribution in [0.1, 0.15) is 46.0 Å². The van der Waals surface area contributed by atoms with Crippen LogP contribution in [0.4, 0.5) is 0 Å². The second-order valence-corrected chi connectivity index (χ2v) is 5.83. The molecule has 0 nitrogen and oxygen atoms in total. The van der Waals surface area contributed by atoms with Crippen LogP contribution in [0.5, 0.6) is 0 Å². The van der Waals surface area contributed by atoms with Gasteiger partial charge in [0.25, 0.3) is 0 Å². The summed E-state index contributed by atoms with van der Waals surface area (Å²) in [6.45, 7) is 4.73. The molecule has 0 radical (unpaired) electrons. The topological polar surface area (TPSA) is 0 Å². The molecule has 0 N–H and O–H groups in total. The highest BCUT2D eigenvalue weighted by Crippen LogP contribution is 2.56. The summed E-state index contributed by atoms with van der Waals surface area (Å²) in [5.74, 6) is 2.03. The Labute approximate surface area is 81.5 Å². The first-order valence-corrected chi connectivity index (χ1v) is 5.84. The summed E-state index contributed by atoms with van der Waals surface area (Å²) in [5, 5.41) is 0.620. The Hall–Kier alpha value is 0.350. The van der Waals surface area contributed by atoms with Crippen LogP contribution in [-0.4, -0.2) is 5.25 Å². The maximum Gasteiger partial charge on any atom is 0.00450 e. The van der Waals surface area contributed by atoms with Crippen molar-refractivity contribution in [2.75, 3.05) is 0 Å². The van der Waals surface area contributed by atoms with E-state index in [4.69, 9.17) is 0 Å². The Morgan fingerprint density at radius 1 is 1.33 bits per heavy atom. The van der Waals surface area contributed by atoms with Gasteiger partial charge < -0.3 is 0 Å². The van der Waals surface area contributed by atoms with Crippen molar-refractivity contribution in [2.45, 2.75) is 51.2 Å². The molecule has 2 saturated carbocycles. The number of thiol groups is 1. The van der Waals surface area contributed by atoms with Crippen molar-refractivity contribution in [3.05, 3.63) is 0 Å². The molecule has 1 heteroatoms. The minimum absolute atomic E-state index is 0.620. The SMILES string of the molecule is CC(S)C12CCC(C1)[C@H](C)CC2. The third-order valence-corrected chi connectivity index (χ3v) is 5.02. The van der Waals surface area contributed by atoms with Crippen LogP contribution in [0.2, 0.25) is 0 Å². The third-order valence-electron chi connectivity index (χ3n) is 4.47. The van der Waals surface area contributed by atoms with Crippen LogP contribution in [0, 0.1) is 17.3 Å². The molecule has 0 spiro atoms. The molecule has 0 heterocycles. The zero-order valence-electron chi connectivity index (χ0n) is 8.21. The summed E-state index contributed by atoms with van der Waals surface area (Å²) in [6.07, 6.45) is 7.29. The van der Waals surface area contributed by atoms with Crippen molar-refractivity contribution in [1.82, 2.24) is 0 Å². The molecule has 0 aliphatic heterocycles. The smallest absolute Gasteiger partial charge is 0.00450 e. The molecule has 3 unspecified atom stereocenters. The third kappa shape index (κ3) is 1.21. The Morgan fingerprint density at radius 2 is 2.00 bits per heavy atom. The molecule has 0 aromatic heterocycles. The van der Waals surface area contributed by atoms with E-state index in [0.717, 1.165) is 11.8 Å². The van der Waals surface area contributed by atoms with Gasteiger partial charge in [-0.15, -0.1) is 0 Å². The molecule has 2 fully saturated rings. The monoisotopic (exact) mass is 184 g/mol. The maximum absolute atomic E-state index is 4.66.